The zero-order valence-electron chi connectivity index (χ0n) is 9.37. The number of hydrogen-bond acceptors (Lipinski definition) is 4. The smallest absolute Gasteiger partial charge is 0.309 e. The first-order valence-corrected chi connectivity index (χ1v) is 6.29. The molecule has 0 bridgehead atoms. The summed E-state index contributed by atoms with van der Waals surface area (Å²) >= 11 is 1.24. The fourth-order valence-electron chi connectivity index (χ4n) is 1.69. The van der Waals surface area contributed by atoms with Gasteiger partial charge in [-0.05, 0) is 12.8 Å². The number of cyclic esters (lactones) is 1. The van der Waals surface area contributed by atoms with Crippen molar-refractivity contribution in [2.75, 3.05) is 5.75 Å². The van der Waals surface area contributed by atoms with Crippen molar-refractivity contribution in [3.8, 4) is 0 Å². The van der Waals surface area contributed by atoms with E-state index in [9.17, 15) is 4.79 Å². The van der Waals surface area contributed by atoms with Crippen LogP contribution in [0.4, 0.5) is 0 Å². The molecule has 94 valence electrons. The van der Waals surface area contributed by atoms with Gasteiger partial charge in [-0.25, -0.2) is 0 Å². The van der Waals surface area contributed by atoms with Gasteiger partial charge in [-0.15, -0.1) is 0 Å². The van der Waals surface area contributed by atoms with Gasteiger partial charge in [-0.2, -0.15) is 0 Å². The number of carbonyl (C=O) groups is 1. The number of amidine groups is 1. The summed E-state index contributed by atoms with van der Waals surface area (Å²) < 4.78 is 5.21. The van der Waals surface area contributed by atoms with Gasteiger partial charge in [0.25, 0.3) is 0 Å². The fraction of sp³-hybridized carbons (Fsp3) is 0.800. The zero-order valence-corrected chi connectivity index (χ0v) is 11.8. The summed E-state index contributed by atoms with van der Waals surface area (Å²) in [5.74, 6) is 0.615. The molecule has 0 aromatic rings. The molecule has 1 heterocycles. The van der Waals surface area contributed by atoms with Crippen molar-refractivity contribution in [2.24, 2.45) is 11.7 Å². The molecule has 4 nitrogen and oxygen atoms in total. The third kappa shape index (κ3) is 5.21. The molecule has 2 atom stereocenters. The molecule has 0 radical (unpaired) electrons. The summed E-state index contributed by atoms with van der Waals surface area (Å²) in [7, 11) is 0. The van der Waals surface area contributed by atoms with Crippen molar-refractivity contribution in [2.45, 2.75) is 38.7 Å². The molecule has 1 aliphatic rings. The summed E-state index contributed by atoms with van der Waals surface area (Å²) in [5, 5.41) is 7.16. The number of unbranched alkanes of at least 4 members (excludes halogenated alkanes) is 1. The Morgan fingerprint density at radius 3 is 2.94 bits per heavy atom. The number of esters is 1. The van der Waals surface area contributed by atoms with E-state index in [0.717, 1.165) is 25.7 Å². The topological polar surface area (TPSA) is 76.2 Å². The monoisotopic (exact) mass is 309 g/mol. The maximum atomic E-state index is 11.4. The number of nitrogens with one attached hydrogen (secondary N) is 1. The Labute approximate surface area is 111 Å². The highest BCUT2D eigenvalue weighted by molar-refractivity contribution is 8.13. The van der Waals surface area contributed by atoms with Crippen LogP contribution in [0.2, 0.25) is 0 Å². The summed E-state index contributed by atoms with van der Waals surface area (Å²) in [6, 6.07) is 0. The average molecular weight is 310 g/mol. The minimum absolute atomic E-state index is 0. The van der Waals surface area contributed by atoms with Crippen LogP contribution in [-0.2, 0) is 9.53 Å². The molecule has 0 saturated carbocycles. The maximum Gasteiger partial charge on any atom is 0.309 e. The summed E-state index contributed by atoms with van der Waals surface area (Å²) in [4.78, 5) is 11.4. The molecule has 0 amide bonds. The second-order valence-corrected chi connectivity index (χ2v) is 4.87. The number of rotatable bonds is 5. The quantitative estimate of drug-likeness (QED) is 0.377. The molecule has 1 rings (SSSR count). The molecule has 16 heavy (non-hydrogen) atoms. The Morgan fingerprint density at radius 1 is 1.69 bits per heavy atom. The SMILES string of the molecule is CCCCC1CC(CSC(=N)N)OC1=O.[Br-]. The van der Waals surface area contributed by atoms with Crippen LogP contribution in [-0.4, -0.2) is 23.0 Å². The van der Waals surface area contributed by atoms with E-state index in [4.69, 9.17) is 15.9 Å². The van der Waals surface area contributed by atoms with Crippen molar-refractivity contribution in [1.82, 2.24) is 0 Å². The lowest BCUT2D eigenvalue weighted by molar-refractivity contribution is -0.143. The van der Waals surface area contributed by atoms with Crippen LogP contribution in [0.1, 0.15) is 32.6 Å². The van der Waals surface area contributed by atoms with Gasteiger partial charge in [0.2, 0.25) is 0 Å². The number of nitrogens with two attached hydrogens (primary N) is 1. The van der Waals surface area contributed by atoms with Gasteiger partial charge in [0.1, 0.15) is 6.10 Å². The number of hydrogen-bond donors (Lipinski definition) is 2. The molecular formula is C10H18BrN2O2S-. The first-order chi connectivity index (χ1) is 7.13. The highest BCUT2D eigenvalue weighted by atomic mass is 79.9. The van der Waals surface area contributed by atoms with E-state index in [2.05, 4.69) is 6.92 Å². The molecular weight excluding hydrogens is 292 g/mol. The first kappa shape index (κ1) is 15.8. The van der Waals surface area contributed by atoms with Gasteiger partial charge in [-0.1, -0.05) is 31.5 Å². The number of halogens is 1. The van der Waals surface area contributed by atoms with Gasteiger partial charge in [-0.3, -0.25) is 10.2 Å². The Hall–Kier alpha value is -0.230. The number of thioether (sulfide) groups is 1. The highest BCUT2D eigenvalue weighted by Gasteiger charge is 2.33. The summed E-state index contributed by atoms with van der Waals surface area (Å²) in [5.41, 5.74) is 5.23. The lowest BCUT2D eigenvalue weighted by atomic mass is 9.99. The zero-order chi connectivity index (χ0) is 11.3. The average Bonchev–Trinajstić information content (AvgIpc) is 2.53. The fourth-order valence-corrected chi connectivity index (χ4v) is 2.26. The van der Waals surface area contributed by atoms with E-state index in [0.29, 0.717) is 5.75 Å². The minimum Gasteiger partial charge on any atom is -1.00 e. The summed E-state index contributed by atoms with van der Waals surface area (Å²) in [6.45, 7) is 2.11. The molecule has 1 saturated heterocycles. The highest BCUT2D eigenvalue weighted by Crippen LogP contribution is 2.27. The second kappa shape index (κ2) is 7.95. The molecule has 0 spiro atoms. The van der Waals surface area contributed by atoms with E-state index < -0.39 is 0 Å². The van der Waals surface area contributed by atoms with E-state index in [1.807, 2.05) is 0 Å². The Balaban J connectivity index is 0.00000225. The molecule has 0 aliphatic carbocycles. The first-order valence-electron chi connectivity index (χ1n) is 5.30. The van der Waals surface area contributed by atoms with Crippen LogP contribution in [0.3, 0.4) is 0 Å². The normalized spacial score (nSPS) is 23.7. The van der Waals surface area contributed by atoms with Crippen molar-refractivity contribution in [3.63, 3.8) is 0 Å². The van der Waals surface area contributed by atoms with Crippen LogP contribution in [0.5, 0.6) is 0 Å². The van der Waals surface area contributed by atoms with Gasteiger partial charge >= 0.3 is 5.97 Å². The molecule has 1 aliphatic heterocycles. The van der Waals surface area contributed by atoms with Gasteiger partial charge in [0.05, 0.1) is 5.92 Å². The van der Waals surface area contributed by atoms with Crippen molar-refractivity contribution in [3.05, 3.63) is 0 Å². The Bertz CT molecular complexity index is 251. The van der Waals surface area contributed by atoms with Crippen LogP contribution in [0.15, 0.2) is 0 Å². The predicted molar refractivity (Wildman–Crippen MR) is 61.9 cm³/mol. The van der Waals surface area contributed by atoms with Gasteiger partial charge < -0.3 is 27.5 Å². The van der Waals surface area contributed by atoms with Crippen molar-refractivity contribution >= 4 is 22.9 Å². The molecule has 1 fully saturated rings. The third-order valence-electron chi connectivity index (χ3n) is 2.49. The molecule has 6 heteroatoms. The molecule has 0 aromatic carbocycles. The lowest BCUT2D eigenvalue weighted by Crippen LogP contribution is -3.00. The van der Waals surface area contributed by atoms with E-state index in [1.54, 1.807) is 0 Å². The number of carbonyl (C=O) groups excluding carboxylic acids is 1. The summed E-state index contributed by atoms with van der Waals surface area (Å²) in [6.07, 6.45) is 3.85. The van der Waals surface area contributed by atoms with Crippen LogP contribution >= 0.6 is 11.8 Å². The van der Waals surface area contributed by atoms with Crippen LogP contribution < -0.4 is 22.7 Å². The number of ether oxygens (including phenoxy) is 1. The third-order valence-corrected chi connectivity index (χ3v) is 3.34. The van der Waals surface area contributed by atoms with E-state index in [1.165, 1.54) is 11.8 Å². The van der Waals surface area contributed by atoms with Crippen LogP contribution in [0, 0.1) is 11.3 Å². The molecule has 2 unspecified atom stereocenters. The van der Waals surface area contributed by atoms with Gasteiger partial charge in [0.15, 0.2) is 5.17 Å². The van der Waals surface area contributed by atoms with Crippen LogP contribution in [0.25, 0.3) is 0 Å². The Kier molecular flexibility index (Phi) is 7.83. The molecule has 0 aromatic heterocycles. The standard InChI is InChI=1S/C10H18N2O2S.BrH/c1-2-3-4-7-5-8(14-9(7)13)6-15-10(11)12;/h7-8H,2-6H2,1H3,(H3,11,12);1H/p-1. The molecule has 3 N–H and O–H groups in total. The van der Waals surface area contributed by atoms with Crippen molar-refractivity contribution < 1.29 is 26.5 Å². The van der Waals surface area contributed by atoms with E-state index >= 15 is 0 Å². The second-order valence-electron chi connectivity index (χ2n) is 3.81. The largest absolute Gasteiger partial charge is 1.00 e. The lowest BCUT2D eigenvalue weighted by Gasteiger charge is -2.06. The van der Waals surface area contributed by atoms with Gasteiger partial charge in [0, 0.05) is 5.75 Å². The van der Waals surface area contributed by atoms with Crippen molar-refractivity contribution in [1.29, 1.82) is 5.41 Å². The van der Waals surface area contributed by atoms with E-state index in [-0.39, 0.29) is 40.1 Å². The minimum atomic E-state index is -0.0717. The predicted octanol–water partition coefficient (Wildman–Crippen LogP) is -1.26. The Morgan fingerprint density at radius 2 is 2.38 bits per heavy atom. The maximum absolute atomic E-state index is 11.4.